The van der Waals surface area contributed by atoms with Crippen LogP contribution in [0.5, 0.6) is 5.75 Å². The molecule has 0 saturated carbocycles. The first kappa shape index (κ1) is 34.6. The van der Waals surface area contributed by atoms with Crippen LogP contribution < -0.4 is 4.74 Å². The molecule has 0 bridgehead atoms. The van der Waals surface area contributed by atoms with Crippen molar-refractivity contribution in [2.45, 2.75) is 38.1 Å². The number of hydrogen-bond donors (Lipinski definition) is 0. The Balaban J connectivity index is 0.00000230. The molecule has 45 heavy (non-hydrogen) atoms. The maximum Gasteiger partial charge on any atom is 0.416 e. The molecule has 0 aliphatic carbocycles. The molecule has 0 atom stereocenters. The number of carbonyl (C=O) groups is 1. The highest BCUT2D eigenvalue weighted by Crippen LogP contribution is 2.31. The lowest BCUT2D eigenvalue weighted by Crippen LogP contribution is -2.48. The summed E-state index contributed by atoms with van der Waals surface area (Å²) in [6, 6.07) is 22.2. The second kappa shape index (κ2) is 14.9. The van der Waals surface area contributed by atoms with Gasteiger partial charge in [0.15, 0.2) is 0 Å². The summed E-state index contributed by atoms with van der Waals surface area (Å²) in [5, 5.41) is 1.08. The third-order valence-electron chi connectivity index (χ3n) is 8.83. The van der Waals surface area contributed by atoms with Crippen LogP contribution in [-0.4, -0.2) is 71.6 Å². The SMILES string of the molecule is COc1ccc(CN2CCC(n3ccc4cc(C(=O)N5CCN(Cc6ccc(C(F)(F)F)cc6)CC5)ccc43)CC2)cc1.Cl.Cl. The third-order valence-corrected chi connectivity index (χ3v) is 8.83. The zero-order valence-corrected chi connectivity index (χ0v) is 26.8. The molecule has 0 radical (unpaired) electrons. The lowest BCUT2D eigenvalue weighted by atomic mass is 10.0. The van der Waals surface area contributed by atoms with Crippen LogP contribution in [0.15, 0.2) is 79.0 Å². The van der Waals surface area contributed by atoms with Crippen molar-refractivity contribution in [3.8, 4) is 5.75 Å². The van der Waals surface area contributed by atoms with E-state index >= 15 is 0 Å². The number of carbonyl (C=O) groups excluding carboxylic acids is 1. The molecular formula is C34H39Cl2F3N4O2. The Morgan fingerprint density at radius 3 is 1.93 bits per heavy atom. The van der Waals surface area contributed by atoms with Gasteiger partial charge in [0.1, 0.15) is 5.75 Å². The van der Waals surface area contributed by atoms with Crippen LogP contribution in [0.2, 0.25) is 0 Å². The van der Waals surface area contributed by atoms with Crippen LogP contribution in [-0.2, 0) is 19.3 Å². The highest BCUT2D eigenvalue weighted by molar-refractivity contribution is 5.98. The number of amides is 1. The predicted octanol–water partition coefficient (Wildman–Crippen LogP) is 7.31. The van der Waals surface area contributed by atoms with Gasteiger partial charge in [-0.05, 0) is 72.5 Å². The summed E-state index contributed by atoms with van der Waals surface area (Å²) >= 11 is 0. The van der Waals surface area contributed by atoms with Crippen molar-refractivity contribution in [1.29, 1.82) is 0 Å². The predicted molar refractivity (Wildman–Crippen MR) is 176 cm³/mol. The summed E-state index contributed by atoms with van der Waals surface area (Å²) < 4.78 is 46.2. The highest BCUT2D eigenvalue weighted by Gasteiger charge is 2.30. The third kappa shape index (κ3) is 8.14. The number of alkyl halides is 3. The Hall–Kier alpha value is -3.24. The molecule has 1 aromatic heterocycles. The normalized spacial score (nSPS) is 16.7. The Bertz CT molecular complexity index is 1540. The monoisotopic (exact) mass is 662 g/mol. The number of piperazine rings is 1. The van der Waals surface area contributed by atoms with E-state index < -0.39 is 11.7 Å². The van der Waals surface area contributed by atoms with E-state index in [0.717, 1.165) is 66.8 Å². The number of methoxy groups -OCH3 is 1. The van der Waals surface area contributed by atoms with Gasteiger partial charge in [-0.1, -0.05) is 24.3 Å². The molecule has 2 fully saturated rings. The smallest absolute Gasteiger partial charge is 0.416 e. The molecule has 0 N–H and O–H groups in total. The number of rotatable bonds is 7. The number of aromatic nitrogens is 1. The first-order valence-electron chi connectivity index (χ1n) is 14.9. The molecule has 6 rings (SSSR count). The summed E-state index contributed by atoms with van der Waals surface area (Å²) in [6.45, 7) is 6.14. The molecule has 2 aliphatic heterocycles. The standard InChI is InChI=1S/C34H37F3N4O2.2ClH/c1-43-31-9-4-26(5-10-31)23-38-15-13-30(14-16-38)41-17-12-27-22-28(6-11-32(27)41)33(42)40-20-18-39(19-21-40)24-25-2-7-29(8-3-25)34(35,36)37;;/h2-12,17,22,30H,13-16,18-21,23-24H2,1H3;2*1H. The number of fused-ring (bicyclic) bond motifs is 1. The van der Waals surface area contributed by atoms with E-state index in [4.69, 9.17) is 4.74 Å². The molecule has 4 aromatic rings. The maximum absolute atomic E-state index is 13.4. The van der Waals surface area contributed by atoms with Crippen molar-refractivity contribution >= 4 is 41.6 Å². The number of ether oxygens (including phenoxy) is 1. The van der Waals surface area contributed by atoms with Crippen LogP contribution >= 0.6 is 24.8 Å². The molecular weight excluding hydrogens is 624 g/mol. The summed E-state index contributed by atoms with van der Waals surface area (Å²) in [5.74, 6) is 0.903. The van der Waals surface area contributed by atoms with Crippen molar-refractivity contribution < 1.29 is 22.7 Å². The number of likely N-dealkylation sites (tertiary alicyclic amines) is 1. The number of piperidine rings is 1. The van der Waals surface area contributed by atoms with Gasteiger partial charge in [-0.3, -0.25) is 14.6 Å². The van der Waals surface area contributed by atoms with Gasteiger partial charge < -0.3 is 14.2 Å². The highest BCUT2D eigenvalue weighted by atomic mass is 35.5. The maximum atomic E-state index is 13.4. The van der Waals surface area contributed by atoms with Gasteiger partial charge >= 0.3 is 6.18 Å². The van der Waals surface area contributed by atoms with Gasteiger partial charge in [0.2, 0.25) is 0 Å². The average Bonchev–Trinajstić information content (AvgIpc) is 3.45. The van der Waals surface area contributed by atoms with Crippen LogP contribution in [0.4, 0.5) is 13.2 Å². The summed E-state index contributed by atoms with van der Waals surface area (Å²) in [4.78, 5) is 19.9. The van der Waals surface area contributed by atoms with E-state index in [1.54, 1.807) is 7.11 Å². The molecule has 3 heterocycles. The molecule has 6 nitrogen and oxygen atoms in total. The van der Waals surface area contributed by atoms with E-state index in [2.05, 4.69) is 44.8 Å². The van der Waals surface area contributed by atoms with Crippen LogP contribution in [0.1, 0.15) is 45.9 Å². The molecule has 3 aromatic carbocycles. The van der Waals surface area contributed by atoms with E-state index in [0.29, 0.717) is 44.3 Å². The first-order chi connectivity index (χ1) is 20.8. The van der Waals surface area contributed by atoms with E-state index in [-0.39, 0.29) is 30.7 Å². The zero-order chi connectivity index (χ0) is 30.0. The summed E-state index contributed by atoms with van der Waals surface area (Å²) in [5.41, 5.74) is 3.35. The molecule has 0 spiro atoms. The van der Waals surface area contributed by atoms with Crippen molar-refractivity contribution in [3.63, 3.8) is 0 Å². The Morgan fingerprint density at radius 2 is 1.36 bits per heavy atom. The summed E-state index contributed by atoms with van der Waals surface area (Å²) in [6.07, 6.45) is -0.00967. The van der Waals surface area contributed by atoms with Gasteiger partial charge in [0.25, 0.3) is 5.91 Å². The van der Waals surface area contributed by atoms with Crippen molar-refractivity contribution in [2.75, 3.05) is 46.4 Å². The number of hydrogen-bond acceptors (Lipinski definition) is 4. The van der Waals surface area contributed by atoms with Crippen LogP contribution in [0.25, 0.3) is 10.9 Å². The Labute approximate surface area is 274 Å². The van der Waals surface area contributed by atoms with Gasteiger partial charge in [0.05, 0.1) is 12.7 Å². The molecule has 2 saturated heterocycles. The minimum Gasteiger partial charge on any atom is -0.497 e. The lowest BCUT2D eigenvalue weighted by Gasteiger charge is -2.35. The largest absolute Gasteiger partial charge is 0.497 e. The zero-order valence-electron chi connectivity index (χ0n) is 25.2. The van der Waals surface area contributed by atoms with Gasteiger partial charge in [-0.2, -0.15) is 13.2 Å². The van der Waals surface area contributed by atoms with E-state index in [9.17, 15) is 18.0 Å². The fourth-order valence-electron chi connectivity index (χ4n) is 6.31. The van der Waals surface area contributed by atoms with Gasteiger partial charge in [0, 0.05) is 81.1 Å². The van der Waals surface area contributed by atoms with Crippen molar-refractivity contribution in [1.82, 2.24) is 19.3 Å². The molecule has 0 unspecified atom stereocenters. The van der Waals surface area contributed by atoms with Gasteiger partial charge in [-0.15, -0.1) is 24.8 Å². The van der Waals surface area contributed by atoms with E-state index in [1.807, 2.05) is 29.2 Å². The molecule has 242 valence electrons. The van der Waals surface area contributed by atoms with Crippen molar-refractivity contribution in [3.05, 3.63) is 101 Å². The topological polar surface area (TPSA) is 41.0 Å². The number of benzene rings is 3. The lowest BCUT2D eigenvalue weighted by molar-refractivity contribution is -0.137. The average molecular weight is 664 g/mol. The van der Waals surface area contributed by atoms with Crippen LogP contribution in [0.3, 0.4) is 0 Å². The minimum atomic E-state index is -4.33. The fourth-order valence-corrected chi connectivity index (χ4v) is 6.31. The summed E-state index contributed by atoms with van der Waals surface area (Å²) in [7, 11) is 1.69. The molecule has 2 aliphatic rings. The second-order valence-electron chi connectivity index (χ2n) is 11.6. The second-order valence-corrected chi connectivity index (χ2v) is 11.6. The van der Waals surface area contributed by atoms with Crippen molar-refractivity contribution in [2.24, 2.45) is 0 Å². The minimum absolute atomic E-state index is 0. The van der Waals surface area contributed by atoms with E-state index in [1.165, 1.54) is 17.7 Å². The molecule has 11 heteroatoms. The fraction of sp³-hybridized carbons (Fsp3) is 0.382. The number of halogens is 5. The number of nitrogens with zero attached hydrogens (tertiary/aromatic N) is 4. The Morgan fingerprint density at radius 1 is 0.778 bits per heavy atom. The van der Waals surface area contributed by atoms with Crippen LogP contribution in [0, 0.1) is 0 Å². The Kier molecular flexibility index (Phi) is 11.5. The van der Waals surface area contributed by atoms with Gasteiger partial charge in [-0.25, -0.2) is 0 Å². The first-order valence-corrected chi connectivity index (χ1v) is 14.9. The molecule has 1 amide bonds. The quantitative estimate of drug-likeness (QED) is 0.208.